The molecule has 0 aliphatic carbocycles. The van der Waals surface area contributed by atoms with Gasteiger partial charge in [-0.25, -0.2) is 0 Å². The van der Waals surface area contributed by atoms with Crippen LogP contribution in [0.15, 0.2) is 30.3 Å². The standard InChI is InChI=1S/C18H28N4O2S.ClH/c1-25-14-8-16(19)18(24)20-9-7-17(23)22-12-10-21(11-13-22)15-5-3-2-4-6-15;/h2-6,16H,7-14,19H2,1H3,(H,20,24);1H/t16-;/m0./s1. The quantitative estimate of drug-likeness (QED) is 0.688. The van der Waals surface area contributed by atoms with Crippen molar-refractivity contribution in [2.75, 3.05) is 49.6 Å². The number of hydrogen-bond donors (Lipinski definition) is 2. The maximum atomic E-state index is 12.3. The summed E-state index contributed by atoms with van der Waals surface area (Å²) in [6.07, 6.45) is 2.97. The zero-order valence-corrected chi connectivity index (χ0v) is 16.9. The fraction of sp³-hybridized carbons (Fsp3) is 0.556. The molecule has 2 rings (SSSR count). The summed E-state index contributed by atoms with van der Waals surface area (Å²) in [6, 6.07) is 9.75. The van der Waals surface area contributed by atoms with Crippen LogP contribution in [-0.2, 0) is 9.59 Å². The molecule has 2 amide bonds. The number of nitrogens with zero attached hydrogens (tertiary/aromatic N) is 2. The number of amides is 2. The van der Waals surface area contributed by atoms with Gasteiger partial charge in [0, 0.05) is 44.8 Å². The predicted molar refractivity (Wildman–Crippen MR) is 111 cm³/mol. The van der Waals surface area contributed by atoms with Crippen molar-refractivity contribution in [3.05, 3.63) is 30.3 Å². The molecule has 1 aromatic rings. The molecule has 1 atom stereocenters. The second-order valence-corrected chi connectivity index (χ2v) is 7.12. The van der Waals surface area contributed by atoms with Gasteiger partial charge in [0.15, 0.2) is 0 Å². The van der Waals surface area contributed by atoms with Crippen LogP contribution in [0.2, 0.25) is 0 Å². The Morgan fingerprint density at radius 1 is 1.19 bits per heavy atom. The van der Waals surface area contributed by atoms with Crippen LogP contribution < -0.4 is 16.0 Å². The topological polar surface area (TPSA) is 78.7 Å². The fourth-order valence-corrected chi connectivity index (χ4v) is 3.30. The van der Waals surface area contributed by atoms with Crippen molar-refractivity contribution in [2.24, 2.45) is 5.73 Å². The summed E-state index contributed by atoms with van der Waals surface area (Å²) >= 11 is 1.67. The smallest absolute Gasteiger partial charge is 0.236 e. The number of halogens is 1. The maximum Gasteiger partial charge on any atom is 0.236 e. The van der Waals surface area contributed by atoms with Crippen LogP contribution in [0, 0.1) is 0 Å². The highest BCUT2D eigenvalue weighted by molar-refractivity contribution is 7.98. The Morgan fingerprint density at radius 3 is 2.46 bits per heavy atom. The SMILES string of the molecule is CSCC[C@H](N)C(=O)NCCC(=O)N1CCN(c2ccccc2)CC1.Cl. The Kier molecular flexibility index (Phi) is 10.5. The van der Waals surface area contributed by atoms with E-state index >= 15 is 0 Å². The first-order valence-corrected chi connectivity index (χ1v) is 10.1. The minimum absolute atomic E-state index is 0. The monoisotopic (exact) mass is 400 g/mol. The van der Waals surface area contributed by atoms with Crippen molar-refractivity contribution in [3.8, 4) is 0 Å². The number of benzene rings is 1. The van der Waals surface area contributed by atoms with Crippen LogP contribution in [0.25, 0.3) is 0 Å². The van der Waals surface area contributed by atoms with Gasteiger partial charge >= 0.3 is 0 Å². The summed E-state index contributed by atoms with van der Waals surface area (Å²) < 4.78 is 0. The molecule has 1 aromatic carbocycles. The van der Waals surface area contributed by atoms with Crippen LogP contribution in [0.3, 0.4) is 0 Å². The second-order valence-electron chi connectivity index (χ2n) is 6.13. The number of nitrogens with two attached hydrogens (primary N) is 1. The molecule has 1 fully saturated rings. The van der Waals surface area contributed by atoms with E-state index in [9.17, 15) is 9.59 Å². The Labute approximate surface area is 166 Å². The van der Waals surface area contributed by atoms with E-state index in [0.717, 1.165) is 31.9 Å². The average molecular weight is 401 g/mol. The Bertz CT molecular complexity index is 553. The lowest BCUT2D eigenvalue weighted by Gasteiger charge is -2.36. The van der Waals surface area contributed by atoms with Crippen LogP contribution in [0.4, 0.5) is 5.69 Å². The molecular weight excluding hydrogens is 372 g/mol. The number of nitrogens with one attached hydrogen (secondary N) is 1. The minimum Gasteiger partial charge on any atom is -0.368 e. The van der Waals surface area contributed by atoms with Crippen molar-refractivity contribution in [3.63, 3.8) is 0 Å². The molecule has 0 spiro atoms. The van der Waals surface area contributed by atoms with Gasteiger partial charge in [0.05, 0.1) is 6.04 Å². The Hall–Kier alpha value is -1.44. The van der Waals surface area contributed by atoms with E-state index in [1.54, 1.807) is 11.8 Å². The number of carbonyl (C=O) groups excluding carboxylic acids is 2. The van der Waals surface area contributed by atoms with Crippen molar-refractivity contribution in [1.29, 1.82) is 0 Å². The number of piperazine rings is 1. The van der Waals surface area contributed by atoms with E-state index in [-0.39, 0.29) is 24.2 Å². The van der Waals surface area contributed by atoms with Gasteiger partial charge in [-0.3, -0.25) is 9.59 Å². The van der Waals surface area contributed by atoms with Crippen LogP contribution in [0.5, 0.6) is 0 Å². The molecule has 3 N–H and O–H groups in total. The molecule has 1 aliphatic rings. The van der Waals surface area contributed by atoms with E-state index in [0.29, 0.717) is 19.4 Å². The largest absolute Gasteiger partial charge is 0.368 e. The normalized spacial score (nSPS) is 15.2. The van der Waals surface area contributed by atoms with Crippen molar-refractivity contribution >= 4 is 41.7 Å². The average Bonchev–Trinajstić information content (AvgIpc) is 2.66. The number of thioether (sulfide) groups is 1. The van der Waals surface area contributed by atoms with Gasteiger partial charge in [-0.05, 0) is 30.6 Å². The lowest BCUT2D eigenvalue weighted by atomic mass is 10.2. The zero-order chi connectivity index (χ0) is 18.1. The molecule has 146 valence electrons. The van der Waals surface area contributed by atoms with Crippen molar-refractivity contribution in [2.45, 2.75) is 18.9 Å². The Balaban J connectivity index is 0.00000338. The highest BCUT2D eigenvalue weighted by Crippen LogP contribution is 2.15. The predicted octanol–water partition coefficient (Wildman–Crippen LogP) is 1.34. The third-order valence-corrected chi connectivity index (χ3v) is 5.01. The number of carbonyl (C=O) groups is 2. The molecular formula is C18H29ClN4O2S. The summed E-state index contributed by atoms with van der Waals surface area (Å²) in [5.74, 6) is 0.778. The summed E-state index contributed by atoms with van der Waals surface area (Å²) in [5.41, 5.74) is 7.00. The van der Waals surface area contributed by atoms with E-state index in [1.807, 2.05) is 29.4 Å². The van der Waals surface area contributed by atoms with Crippen LogP contribution in [-0.4, -0.2) is 67.5 Å². The molecule has 1 heterocycles. The van der Waals surface area contributed by atoms with Gasteiger partial charge < -0.3 is 20.9 Å². The van der Waals surface area contributed by atoms with Gasteiger partial charge in [-0.15, -0.1) is 12.4 Å². The van der Waals surface area contributed by atoms with E-state index in [4.69, 9.17) is 5.73 Å². The summed E-state index contributed by atoms with van der Waals surface area (Å²) in [6.45, 7) is 3.46. The van der Waals surface area contributed by atoms with Gasteiger partial charge in [-0.1, -0.05) is 18.2 Å². The maximum absolute atomic E-state index is 12.3. The summed E-state index contributed by atoms with van der Waals surface area (Å²) in [5, 5.41) is 2.76. The minimum atomic E-state index is -0.489. The van der Waals surface area contributed by atoms with Crippen molar-refractivity contribution < 1.29 is 9.59 Å². The molecule has 0 unspecified atom stereocenters. The molecule has 0 aromatic heterocycles. The van der Waals surface area contributed by atoms with Gasteiger partial charge in [0.1, 0.15) is 0 Å². The number of para-hydroxylation sites is 1. The lowest BCUT2D eigenvalue weighted by Crippen LogP contribution is -2.49. The first kappa shape index (κ1) is 22.6. The van der Waals surface area contributed by atoms with E-state index in [1.165, 1.54) is 5.69 Å². The van der Waals surface area contributed by atoms with Crippen molar-refractivity contribution in [1.82, 2.24) is 10.2 Å². The number of anilines is 1. The zero-order valence-electron chi connectivity index (χ0n) is 15.2. The molecule has 8 heteroatoms. The molecule has 1 aliphatic heterocycles. The molecule has 6 nitrogen and oxygen atoms in total. The van der Waals surface area contributed by atoms with E-state index < -0.39 is 6.04 Å². The Morgan fingerprint density at radius 2 is 1.85 bits per heavy atom. The summed E-state index contributed by atoms with van der Waals surface area (Å²) in [4.78, 5) is 28.3. The van der Waals surface area contributed by atoms with Gasteiger partial charge in [0.2, 0.25) is 11.8 Å². The highest BCUT2D eigenvalue weighted by atomic mass is 35.5. The van der Waals surface area contributed by atoms with Crippen LogP contribution in [0.1, 0.15) is 12.8 Å². The lowest BCUT2D eigenvalue weighted by molar-refractivity contribution is -0.131. The number of hydrogen-bond acceptors (Lipinski definition) is 5. The molecule has 0 radical (unpaired) electrons. The fourth-order valence-electron chi connectivity index (χ4n) is 2.81. The molecule has 0 saturated carbocycles. The van der Waals surface area contributed by atoms with Gasteiger partial charge in [-0.2, -0.15) is 11.8 Å². The first-order chi connectivity index (χ1) is 12.1. The highest BCUT2D eigenvalue weighted by Gasteiger charge is 2.21. The van der Waals surface area contributed by atoms with Gasteiger partial charge in [0.25, 0.3) is 0 Å². The van der Waals surface area contributed by atoms with Crippen LogP contribution >= 0.6 is 24.2 Å². The third kappa shape index (κ3) is 7.05. The van der Waals surface area contributed by atoms with E-state index in [2.05, 4.69) is 22.3 Å². The third-order valence-electron chi connectivity index (χ3n) is 4.36. The molecule has 26 heavy (non-hydrogen) atoms. The molecule has 0 bridgehead atoms. The second kappa shape index (κ2) is 12.0. The number of rotatable bonds is 8. The first-order valence-electron chi connectivity index (χ1n) is 8.72. The summed E-state index contributed by atoms with van der Waals surface area (Å²) in [7, 11) is 0. The molecule has 1 saturated heterocycles.